The molecule has 0 spiro atoms. The lowest BCUT2D eigenvalue weighted by Gasteiger charge is -2.10. The minimum absolute atomic E-state index is 0.107. The Balaban J connectivity index is 1.62. The zero-order chi connectivity index (χ0) is 17.9. The van der Waals surface area contributed by atoms with Gasteiger partial charge in [-0.2, -0.15) is 0 Å². The van der Waals surface area contributed by atoms with E-state index in [1.54, 1.807) is 11.8 Å². The van der Waals surface area contributed by atoms with Crippen molar-refractivity contribution < 1.29 is 9.53 Å². The summed E-state index contributed by atoms with van der Waals surface area (Å²) < 4.78 is 5.63. The molecule has 0 aliphatic rings. The van der Waals surface area contributed by atoms with Crippen LogP contribution in [0.1, 0.15) is 30.0 Å². The monoisotopic (exact) mass is 357 g/mol. The lowest BCUT2D eigenvalue weighted by molar-refractivity contribution is -0.118. The molecule has 1 amide bonds. The first-order valence-corrected chi connectivity index (χ1v) is 9.95. The molecule has 0 atom stereocenters. The molecule has 0 radical (unpaired) electrons. The Kier molecular flexibility index (Phi) is 8.40. The summed E-state index contributed by atoms with van der Waals surface area (Å²) in [7, 11) is 0. The molecular weight excluding hydrogens is 330 g/mol. The molecule has 25 heavy (non-hydrogen) atoms. The van der Waals surface area contributed by atoms with Gasteiger partial charge in [-0.05, 0) is 43.9 Å². The largest absolute Gasteiger partial charge is 0.494 e. The Morgan fingerprint density at radius 2 is 2.00 bits per heavy atom. The van der Waals surface area contributed by atoms with E-state index in [0.717, 1.165) is 24.3 Å². The van der Waals surface area contributed by atoms with Crippen molar-refractivity contribution in [2.75, 3.05) is 18.9 Å². The van der Waals surface area contributed by atoms with Gasteiger partial charge in [0.2, 0.25) is 5.91 Å². The number of rotatable bonds is 10. The fourth-order valence-electron chi connectivity index (χ4n) is 2.63. The van der Waals surface area contributed by atoms with Crippen LogP contribution in [-0.4, -0.2) is 24.8 Å². The van der Waals surface area contributed by atoms with Crippen molar-refractivity contribution in [1.29, 1.82) is 0 Å². The molecule has 2 aromatic carbocycles. The van der Waals surface area contributed by atoms with Crippen LogP contribution < -0.4 is 10.1 Å². The van der Waals surface area contributed by atoms with Crippen molar-refractivity contribution in [3.8, 4) is 5.75 Å². The first-order valence-electron chi connectivity index (χ1n) is 8.79. The van der Waals surface area contributed by atoms with Crippen LogP contribution in [0.2, 0.25) is 0 Å². The number of hydrogen-bond acceptors (Lipinski definition) is 3. The molecule has 1 N–H and O–H groups in total. The summed E-state index contributed by atoms with van der Waals surface area (Å²) >= 11 is 1.65. The molecule has 0 aliphatic carbocycles. The van der Waals surface area contributed by atoms with Crippen molar-refractivity contribution in [2.24, 2.45) is 0 Å². The van der Waals surface area contributed by atoms with Crippen LogP contribution in [0, 0.1) is 6.92 Å². The second-order valence-corrected chi connectivity index (χ2v) is 6.96. The zero-order valence-corrected chi connectivity index (χ0v) is 15.9. The maximum Gasteiger partial charge on any atom is 0.230 e. The molecule has 0 unspecified atom stereocenters. The number of nitrogens with one attached hydrogen (secondary N) is 1. The molecular formula is C21H27NO2S. The second kappa shape index (κ2) is 10.8. The number of benzene rings is 2. The average molecular weight is 358 g/mol. The van der Waals surface area contributed by atoms with Gasteiger partial charge < -0.3 is 10.1 Å². The van der Waals surface area contributed by atoms with Gasteiger partial charge in [-0.15, -0.1) is 11.8 Å². The predicted molar refractivity (Wildman–Crippen MR) is 106 cm³/mol. The highest BCUT2D eigenvalue weighted by atomic mass is 32.2. The first kappa shape index (κ1) is 19.4. The fourth-order valence-corrected chi connectivity index (χ4v) is 3.43. The maximum absolute atomic E-state index is 11.9. The van der Waals surface area contributed by atoms with E-state index in [4.69, 9.17) is 4.74 Å². The number of ether oxygens (including phenoxy) is 1. The third-order valence-corrected chi connectivity index (χ3v) is 4.81. The van der Waals surface area contributed by atoms with Gasteiger partial charge >= 0.3 is 0 Å². The molecule has 0 aliphatic heterocycles. The summed E-state index contributed by atoms with van der Waals surface area (Å²) in [5.41, 5.74) is 3.73. The van der Waals surface area contributed by atoms with E-state index >= 15 is 0 Å². The van der Waals surface area contributed by atoms with E-state index in [1.165, 1.54) is 16.7 Å². The number of carbonyl (C=O) groups excluding carboxylic acids is 1. The minimum Gasteiger partial charge on any atom is -0.494 e. The standard InChI is InChI=1S/C21H27NO2S/c1-3-24-20-12-5-4-10-19(20)11-7-13-22-21(23)16-25-15-18-9-6-8-17(2)14-18/h4-6,8-10,12,14H,3,7,11,13,15-16H2,1-2H3,(H,22,23). The van der Waals surface area contributed by atoms with E-state index < -0.39 is 0 Å². The molecule has 0 heterocycles. The summed E-state index contributed by atoms with van der Waals surface area (Å²) in [6, 6.07) is 16.5. The van der Waals surface area contributed by atoms with Crippen molar-refractivity contribution in [3.63, 3.8) is 0 Å². The highest BCUT2D eigenvalue weighted by Gasteiger charge is 2.04. The highest BCUT2D eigenvalue weighted by molar-refractivity contribution is 7.99. The van der Waals surface area contributed by atoms with E-state index in [-0.39, 0.29) is 5.91 Å². The molecule has 4 heteroatoms. The van der Waals surface area contributed by atoms with Crippen molar-refractivity contribution in [1.82, 2.24) is 5.32 Å². The summed E-state index contributed by atoms with van der Waals surface area (Å²) in [6.07, 6.45) is 1.82. The maximum atomic E-state index is 11.9. The molecule has 0 fully saturated rings. The SMILES string of the molecule is CCOc1ccccc1CCCNC(=O)CSCc1cccc(C)c1. The van der Waals surface area contributed by atoms with E-state index in [1.807, 2.05) is 25.1 Å². The number of hydrogen-bond donors (Lipinski definition) is 1. The zero-order valence-electron chi connectivity index (χ0n) is 15.1. The van der Waals surface area contributed by atoms with E-state index in [9.17, 15) is 4.79 Å². The highest BCUT2D eigenvalue weighted by Crippen LogP contribution is 2.19. The van der Waals surface area contributed by atoms with Gasteiger partial charge in [0.25, 0.3) is 0 Å². The van der Waals surface area contributed by atoms with Crippen molar-refractivity contribution in [3.05, 3.63) is 65.2 Å². The van der Waals surface area contributed by atoms with Gasteiger partial charge in [-0.1, -0.05) is 48.0 Å². The van der Waals surface area contributed by atoms with Crippen LogP contribution in [0.5, 0.6) is 5.75 Å². The number of aryl methyl sites for hydroxylation is 2. The number of thioether (sulfide) groups is 1. The third-order valence-electron chi connectivity index (χ3n) is 3.80. The third kappa shape index (κ3) is 7.22. The van der Waals surface area contributed by atoms with Gasteiger partial charge in [-0.25, -0.2) is 0 Å². The Morgan fingerprint density at radius 3 is 2.80 bits per heavy atom. The minimum atomic E-state index is 0.107. The van der Waals surface area contributed by atoms with Gasteiger partial charge in [0.15, 0.2) is 0 Å². The van der Waals surface area contributed by atoms with Gasteiger partial charge in [0, 0.05) is 12.3 Å². The lowest BCUT2D eigenvalue weighted by Crippen LogP contribution is -2.26. The molecule has 2 aromatic rings. The molecule has 0 saturated carbocycles. The van der Waals surface area contributed by atoms with Crippen LogP contribution in [0.4, 0.5) is 0 Å². The Morgan fingerprint density at radius 1 is 1.16 bits per heavy atom. The normalized spacial score (nSPS) is 10.5. The molecule has 0 bridgehead atoms. The average Bonchev–Trinajstić information content (AvgIpc) is 2.60. The van der Waals surface area contributed by atoms with Gasteiger partial charge in [0.1, 0.15) is 5.75 Å². The van der Waals surface area contributed by atoms with Crippen molar-refractivity contribution in [2.45, 2.75) is 32.4 Å². The van der Waals surface area contributed by atoms with Crippen LogP contribution >= 0.6 is 11.8 Å². The first-order chi connectivity index (χ1) is 12.2. The fraction of sp³-hybridized carbons (Fsp3) is 0.381. The van der Waals surface area contributed by atoms with Gasteiger partial charge in [0.05, 0.1) is 12.4 Å². The van der Waals surface area contributed by atoms with Crippen LogP contribution in [-0.2, 0) is 17.0 Å². The summed E-state index contributed by atoms with van der Waals surface area (Å²) in [5, 5.41) is 3.00. The Hall–Kier alpha value is -1.94. The van der Waals surface area contributed by atoms with Gasteiger partial charge in [-0.3, -0.25) is 4.79 Å². The van der Waals surface area contributed by atoms with Crippen LogP contribution in [0.25, 0.3) is 0 Å². The van der Waals surface area contributed by atoms with Crippen LogP contribution in [0.3, 0.4) is 0 Å². The molecule has 3 nitrogen and oxygen atoms in total. The smallest absolute Gasteiger partial charge is 0.230 e. The number of carbonyl (C=O) groups is 1. The Bertz CT molecular complexity index is 672. The number of amides is 1. The number of para-hydroxylation sites is 1. The van der Waals surface area contributed by atoms with E-state index in [2.05, 4.69) is 42.6 Å². The molecule has 0 aromatic heterocycles. The van der Waals surface area contributed by atoms with E-state index in [0.29, 0.717) is 18.9 Å². The Labute approximate surface area is 155 Å². The quantitative estimate of drug-likeness (QED) is 0.642. The summed E-state index contributed by atoms with van der Waals surface area (Å²) in [4.78, 5) is 11.9. The summed E-state index contributed by atoms with van der Waals surface area (Å²) in [6.45, 7) is 5.45. The second-order valence-electron chi connectivity index (χ2n) is 5.98. The molecule has 2 rings (SSSR count). The summed E-state index contributed by atoms with van der Waals surface area (Å²) in [5.74, 6) is 2.43. The molecule has 134 valence electrons. The van der Waals surface area contributed by atoms with Crippen molar-refractivity contribution >= 4 is 17.7 Å². The molecule has 0 saturated heterocycles. The predicted octanol–water partition coefficient (Wildman–Crippen LogP) is 4.38. The van der Waals surface area contributed by atoms with Crippen LogP contribution in [0.15, 0.2) is 48.5 Å². The topological polar surface area (TPSA) is 38.3 Å². The lowest BCUT2D eigenvalue weighted by atomic mass is 10.1.